The molecular weight excluding hydrogens is 306 g/mol. The number of hydrogen-bond donors (Lipinski definition) is 2. The number of benzene rings is 1. The maximum Gasteiger partial charge on any atom is 0.277 e. The van der Waals surface area contributed by atoms with Crippen molar-refractivity contribution in [2.75, 3.05) is 0 Å². The van der Waals surface area contributed by atoms with Gasteiger partial charge in [0, 0.05) is 24.5 Å². The van der Waals surface area contributed by atoms with Crippen LogP contribution in [0.2, 0.25) is 0 Å². The third kappa shape index (κ3) is 3.03. The number of piperidine rings is 1. The lowest BCUT2D eigenvalue weighted by Gasteiger charge is -2.29. The average molecular weight is 327 g/mol. The van der Waals surface area contributed by atoms with Gasteiger partial charge < -0.3 is 10.6 Å². The number of aryl methyl sites for hydroxylation is 1. The molecule has 2 aliphatic heterocycles. The topological polar surface area (TPSA) is 88.9 Å². The number of carbonyl (C=O) groups is 1. The smallest absolute Gasteiger partial charge is 0.277 e. The van der Waals surface area contributed by atoms with E-state index in [1.54, 1.807) is 18.2 Å². The number of nitrogens with one attached hydrogen (secondary N) is 2. The maximum atomic E-state index is 12.3. The largest absolute Gasteiger partial charge is 0.353 e. The number of nitrogens with zero attached hydrogens (tertiary/aromatic N) is 3. The summed E-state index contributed by atoms with van der Waals surface area (Å²) in [6.45, 7) is 0.250. The Labute approximate surface area is 139 Å². The molecule has 7 nitrogen and oxygen atoms in total. The van der Waals surface area contributed by atoms with Crippen LogP contribution in [0.1, 0.15) is 32.1 Å². The Hall–Kier alpha value is -2.28. The Bertz CT molecular complexity index is 806. The fourth-order valence-corrected chi connectivity index (χ4v) is 3.85. The van der Waals surface area contributed by atoms with Crippen molar-refractivity contribution >= 4 is 16.8 Å². The standard InChI is InChI=1S/C17H21N5O2/c23-16(19-13-9-11-5-6-12(10-13)18-11)7-8-22-17(24)14-3-1-2-4-15(14)20-21-22/h1-4,11-13,18H,5-10H2,(H,19,23). The van der Waals surface area contributed by atoms with Gasteiger partial charge in [-0.15, -0.1) is 5.10 Å². The number of fused-ring (bicyclic) bond motifs is 3. The van der Waals surface area contributed by atoms with Gasteiger partial charge in [-0.3, -0.25) is 9.59 Å². The second-order valence-corrected chi connectivity index (χ2v) is 6.76. The van der Waals surface area contributed by atoms with Gasteiger partial charge in [0.2, 0.25) is 5.91 Å². The van der Waals surface area contributed by atoms with E-state index in [1.165, 1.54) is 17.5 Å². The predicted molar refractivity (Wildman–Crippen MR) is 89.5 cm³/mol. The van der Waals surface area contributed by atoms with E-state index in [0.717, 1.165) is 12.8 Å². The number of amides is 1. The molecule has 2 aromatic rings. The summed E-state index contributed by atoms with van der Waals surface area (Å²) in [6.07, 6.45) is 4.65. The van der Waals surface area contributed by atoms with Crippen LogP contribution < -0.4 is 16.2 Å². The van der Waals surface area contributed by atoms with Gasteiger partial charge in [0.1, 0.15) is 5.52 Å². The third-order valence-corrected chi connectivity index (χ3v) is 5.02. The third-order valence-electron chi connectivity index (χ3n) is 5.02. The Kier molecular flexibility index (Phi) is 4.02. The molecule has 0 saturated carbocycles. The normalized spacial score (nSPS) is 25.8. The van der Waals surface area contributed by atoms with Gasteiger partial charge >= 0.3 is 0 Å². The maximum absolute atomic E-state index is 12.3. The molecule has 2 atom stereocenters. The first-order valence-electron chi connectivity index (χ1n) is 8.57. The lowest BCUT2D eigenvalue weighted by Crippen LogP contribution is -2.48. The molecule has 126 valence electrons. The molecule has 1 aromatic heterocycles. The number of rotatable bonds is 4. The molecule has 0 aliphatic carbocycles. The minimum atomic E-state index is -0.201. The zero-order valence-corrected chi connectivity index (χ0v) is 13.4. The fraction of sp³-hybridized carbons (Fsp3) is 0.529. The molecule has 24 heavy (non-hydrogen) atoms. The lowest BCUT2D eigenvalue weighted by molar-refractivity contribution is -0.122. The van der Waals surface area contributed by atoms with Crippen molar-refractivity contribution in [3.8, 4) is 0 Å². The van der Waals surface area contributed by atoms with Crippen LogP contribution in [0.25, 0.3) is 10.9 Å². The highest BCUT2D eigenvalue weighted by Gasteiger charge is 2.33. The highest BCUT2D eigenvalue weighted by molar-refractivity contribution is 5.77. The minimum absolute atomic E-state index is 0.0249. The fourth-order valence-electron chi connectivity index (χ4n) is 3.85. The molecule has 2 bridgehead atoms. The molecule has 7 heteroatoms. The van der Waals surface area contributed by atoms with Crippen LogP contribution in [0.4, 0.5) is 0 Å². The summed E-state index contributed by atoms with van der Waals surface area (Å²) in [5, 5.41) is 15.2. The van der Waals surface area contributed by atoms with E-state index in [-0.39, 0.29) is 30.5 Å². The van der Waals surface area contributed by atoms with Crippen molar-refractivity contribution in [3.05, 3.63) is 34.6 Å². The van der Waals surface area contributed by atoms with E-state index in [2.05, 4.69) is 20.9 Å². The van der Waals surface area contributed by atoms with Crippen LogP contribution in [0, 0.1) is 0 Å². The van der Waals surface area contributed by atoms with Gasteiger partial charge in [0.15, 0.2) is 0 Å². The van der Waals surface area contributed by atoms with E-state index >= 15 is 0 Å². The van der Waals surface area contributed by atoms with Crippen LogP contribution in [0.3, 0.4) is 0 Å². The first-order valence-corrected chi connectivity index (χ1v) is 8.57. The van der Waals surface area contributed by atoms with Crippen molar-refractivity contribution in [2.45, 2.75) is 56.8 Å². The Morgan fingerprint density at radius 3 is 2.79 bits per heavy atom. The predicted octanol–water partition coefficient (Wildman–Crippen LogP) is 0.581. The Morgan fingerprint density at radius 2 is 2.00 bits per heavy atom. The Morgan fingerprint density at radius 1 is 1.25 bits per heavy atom. The molecule has 3 heterocycles. The van der Waals surface area contributed by atoms with Gasteiger partial charge in [-0.25, -0.2) is 4.68 Å². The van der Waals surface area contributed by atoms with Crippen molar-refractivity contribution in [3.63, 3.8) is 0 Å². The molecule has 1 aromatic carbocycles. The van der Waals surface area contributed by atoms with E-state index in [4.69, 9.17) is 0 Å². The van der Waals surface area contributed by atoms with Crippen LogP contribution >= 0.6 is 0 Å². The van der Waals surface area contributed by atoms with E-state index in [9.17, 15) is 9.59 Å². The first-order chi connectivity index (χ1) is 11.7. The number of carbonyl (C=O) groups excluding carboxylic acids is 1. The van der Waals surface area contributed by atoms with Crippen molar-refractivity contribution < 1.29 is 4.79 Å². The molecule has 1 amide bonds. The average Bonchev–Trinajstić information content (AvgIpc) is 2.93. The molecule has 2 N–H and O–H groups in total. The Balaban J connectivity index is 1.37. The first kappa shape index (κ1) is 15.3. The molecule has 2 unspecified atom stereocenters. The molecule has 0 spiro atoms. The summed E-state index contributed by atoms with van der Waals surface area (Å²) in [7, 11) is 0. The zero-order valence-electron chi connectivity index (χ0n) is 13.4. The second kappa shape index (κ2) is 6.32. The number of aromatic nitrogens is 3. The molecule has 2 fully saturated rings. The zero-order chi connectivity index (χ0) is 16.5. The van der Waals surface area contributed by atoms with Gasteiger partial charge in [-0.1, -0.05) is 17.3 Å². The van der Waals surface area contributed by atoms with Crippen LogP contribution in [0.15, 0.2) is 29.1 Å². The lowest BCUT2D eigenvalue weighted by atomic mass is 10.00. The van der Waals surface area contributed by atoms with Gasteiger partial charge in [-0.2, -0.15) is 0 Å². The summed E-state index contributed by atoms with van der Waals surface area (Å²) < 4.78 is 1.27. The number of hydrogen-bond acceptors (Lipinski definition) is 5. The van der Waals surface area contributed by atoms with Gasteiger partial charge in [-0.05, 0) is 37.8 Å². The quantitative estimate of drug-likeness (QED) is 0.857. The van der Waals surface area contributed by atoms with E-state index in [1.807, 2.05) is 6.07 Å². The summed E-state index contributed by atoms with van der Waals surface area (Å²) in [4.78, 5) is 24.5. The summed E-state index contributed by atoms with van der Waals surface area (Å²) >= 11 is 0. The van der Waals surface area contributed by atoms with Crippen molar-refractivity contribution in [1.29, 1.82) is 0 Å². The summed E-state index contributed by atoms with van der Waals surface area (Å²) in [5.41, 5.74) is 0.377. The SMILES string of the molecule is O=C(CCn1nnc2ccccc2c1=O)NC1CC2CCC(C1)N2. The van der Waals surface area contributed by atoms with E-state index < -0.39 is 0 Å². The van der Waals surface area contributed by atoms with Crippen LogP contribution in [-0.4, -0.2) is 39.0 Å². The second-order valence-electron chi connectivity index (χ2n) is 6.76. The molecule has 0 radical (unpaired) electrons. The van der Waals surface area contributed by atoms with E-state index in [0.29, 0.717) is 23.0 Å². The monoisotopic (exact) mass is 327 g/mol. The van der Waals surface area contributed by atoms with Crippen LogP contribution in [0.5, 0.6) is 0 Å². The summed E-state index contributed by atoms with van der Waals surface area (Å²) in [6, 6.07) is 8.44. The summed E-state index contributed by atoms with van der Waals surface area (Å²) in [5.74, 6) is -0.0249. The molecule has 2 saturated heterocycles. The molecule has 4 rings (SSSR count). The van der Waals surface area contributed by atoms with Crippen LogP contribution in [-0.2, 0) is 11.3 Å². The molecular formula is C17H21N5O2. The highest BCUT2D eigenvalue weighted by Crippen LogP contribution is 2.26. The van der Waals surface area contributed by atoms with Crippen molar-refractivity contribution in [1.82, 2.24) is 25.6 Å². The van der Waals surface area contributed by atoms with Gasteiger partial charge in [0.25, 0.3) is 5.56 Å². The molecule has 2 aliphatic rings. The highest BCUT2D eigenvalue weighted by atomic mass is 16.2. The van der Waals surface area contributed by atoms with Gasteiger partial charge in [0.05, 0.1) is 11.9 Å². The minimum Gasteiger partial charge on any atom is -0.353 e. The van der Waals surface area contributed by atoms with Crippen molar-refractivity contribution in [2.24, 2.45) is 0 Å².